The smallest absolute Gasteiger partial charge is 0.0481 e. The molecule has 1 unspecified atom stereocenters. The van der Waals surface area contributed by atoms with Crippen LogP contribution in [0.5, 0.6) is 0 Å². The van der Waals surface area contributed by atoms with Gasteiger partial charge in [0.2, 0.25) is 0 Å². The standard InChI is InChI=1S/C17H28N2/c1-14-8-10-15(11-9-14)16(18)17(19(2)3)12-6-4-5-7-13-17/h8-11,16H,4-7,12-13,18H2,1-3H3. The number of benzene rings is 1. The molecule has 1 aliphatic carbocycles. The first-order chi connectivity index (χ1) is 9.06. The maximum Gasteiger partial charge on any atom is 0.0481 e. The quantitative estimate of drug-likeness (QED) is 0.841. The van der Waals surface area contributed by atoms with E-state index < -0.39 is 0 Å². The molecule has 0 bridgehead atoms. The van der Waals surface area contributed by atoms with Crippen molar-refractivity contribution in [2.75, 3.05) is 14.1 Å². The highest BCUT2D eigenvalue weighted by Crippen LogP contribution is 2.39. The topological polar surface area (TPSA) is 29.3 Å². The minimum absolute atomic E-state index is 0.112. The summed E-state index contributed by atoms with van der Waals surface area (Å²) in [5.74, 6) is 0. The molecule has 0 radical (unpaired) electrons. The molecule has 2 heteroatoms. The van der Waals surface area contributed by atoms with Gasteiger partial charge in [0.05, 0.1) is 0 Å². The Morgan fingerprint density at radius 3 is 2.00 bits per heavy atom. The van der Waals surface area contributed by atoms with Gasteiger partial charge in [0.25, 0.3) is 0 Å². The Bertz CT molecular complexity index is 386. The van der Waals surface area contributed by atoms with Crippen molar-refractivity contribution in [1.29, 1.82) is 0 Å². The van der Waals surface area contributed by atoms with E-state index in [1.165, 1.54) is 49.7 Å². The first-order valence-corrected chi connectivity index (χ1v) is 7.56. The number of nitrogens with two attached hydrogens (primary N) is 1. The first kappa shape index (κ1) is 14.5. The SMILES string of the molecule is Cc1ccc(C(N)C2(N(C)C)CCCCCC2)cc1. The summed E-state index contributed by atoms with van der Waals surface area (Å²) in [5.41, 5.74) is 9.39. The Balaban J connectivity index is 2.29. The summed E-state index contributed by atoms with van der Waals surface area (Å²) in [5, 5.41) is 0. The van der Waals surface area contributed by atoms with Crippen LogP contribution in [0.3, 0.4) is 0 Å². The molecule has 1 fully saturated rings. The lowest BCUT2D eigenvalue weighted by atomic mass is 9.78. The molecule has 106 valence electrons. The van der Waals surface area contributed by atoms with Gasteiger partial charge in [-0.2, -0.15) is 0 Å². The van der Waals surface area contributed by atoms with E-state index in [9.17, 15) is 0 Å². The second-order valence-corrected chi connectivity index (χ2v) is 6.30. The van der Waals surface area contributed by atoms with Gasteiger partial charge in [-0.05, 0) is 39.4 Å². The molecule has 1 atom stereocenters. The normalized spacial score (nSPS) is 21.1. The fraction of sp³-hybridized carbons (Fsp3) is 0.647. The van der Waals surface area contributed by atoms with Crippen molar-refractivity contribution in [3.63, 3.8) is 0 Å². The minimum atomic E-state index is 0.112. The molecular formula is C17H28N2. The Labute approximate surface area is 118 Å². The van der Waals surface area contributed by atoms with Gasteiger partial charge in [0, 0.05) is 11.6 Å². The lowest BCUT2D eigenvalue weighted by Crippen LogP contribution is -2.52. The van der Waals surface area contributed by atoms with E-state index in [1.807, 2.05) is 0 Å². The summed E-state index contributed by atoms with van der Waals surface area (Å²) < 4.78 is 0. The third-order valence-electron chi connectivity index (χ3n) is 4.88. The van der Waals surface area contributed by atoms with Gasteiger partial charge >= 0.3 is 0 Å². The number of rotatable bonds is 3. The highest BCUT2D eigenvalue weighted by atomic mass is 15.2. The van der Waals surface area contributed by atoms with Crippen molar-refractivity contribution in [2.24, 2.45) is 5.73 Å². The van der Waals surface area contributed by atoms with Crippen LogP contribution in [0.15, 0.2) is 24.3 Å². The van der Waals surface area contributed by atoms with E-state index >= 15 is 0 Å². The molecule has 0 spiro atoms. The van der Waals surface area contributed by atoms with Crippen molar-refractivity contribution in [2.45, 2.75) is 57.0 Å². The van der Waals surface area contributed by atoms with Crippen LogP contribution in [0.25, 0.3) is 0 Å². The van der Waals surface area contributed by atoms with Crippen molar-refractivity contribution in [1.82, 2.24) is 4.90 Å². The molecule has 2 nitrogen and oxygen atoms in total. The van der Waals surface area contributed by atoms with E-state index in [0.717, 1.165) is 0 Å². The van der Waals surface area contributed by atoms with Crippen LogP contribution in [-0.4, -0.2) is 24.5 Å². The molecule has 2 rings (SSSR count). The molecule has 1 aromatic rings. The van der Waals surface area contributed by atoms with E-state index in [-0.39, 0.29) is 11.6 Å². The van der Waals surface area contributed by atoms with E-state index in [0.29, 0.717) is 0 Å². The van der Waals surface area contributed by atoms with Crippen molar-refractivity contribution in [3.05, 3.63) is 35.4 Å². The molecule has 0 aromatic heterocycles. The monoisotopic (exact) mass is 260 g/mol. The van der Waals surface area contributed by atoms with Gasteiger partial charge in [-0.25, -0.2) is 0 Å². The second kappa shape index (κ2) is 6.06. The van der Waals surface area contributed by atoms with Gasteiger partial charge < -0.3 is 10.6 Å². The lowest BCUT2D eigenvalue weighted by molar-refractivity contribution is 0.0969. The number of likely N-dealkylation sites (N-methyl/N-ethyl adjacent to an activating group) is 1. The van der Waals surface area contributed by atoms with Crippen LogP contribution in [-0.2, 0) is 0 Å². The Morgan fingerprint density at radius 2 is 1.53 bits per heavy atom. The van der Waals surface area contributed by atoms with Gasteiger partial charge in [-0.15, -0.1) is 0 Å². The fourth-order valence-corrected chi connectivity index (χ4v) is 3.46. The average molecular weight is 260 g/mol. The van der Waals surface area contributed by atoms with Crippen LogP contribution in [0.2, 0.25) is 0 Å². The summed E-state index contributed by atoms with van der Waals surface area (Å²) in [4.78, 5) is 2.38. The summed E-state index contributed by atoms with van der Waals surface area (Å²) in [6.07, 6.45) is 7.76. The van der Waals surface area contributed by atoms with Crippen LogP contribution in [0.1, 0.15) is 55.7 Å². The summed E-state index contributed by atoms with van der Waals surface area (Å²) in [7, 11) is 4.39. The number of nitrogens with zero attached hydrogens (tertiary/aromatic N) is 1. The molecule has 0 aliphatic heterocycles. The second-order valence-electron chi connectivity index (χ2n) is 6.30. The molecular weight excluding hydrogens is 232 g/mol. The predicted molar refractivity (Wildman–Crippen MR) is 82.2 cm³/mol. The zero-order valence-corrected chi connectivity index (χ0v) is 12.7. The molecule has 1 aliphatic rings. The fourth-order valence-electron chi connectivity index (χ4n) is 3.46. The maximum atomic E-state index is 6.68. The Morgan fingerprint density at radius 1 is 1.00 bits per heavy atom. The Hall–Kier alpha value is -0.860. The van der Waals surface area contributed by atoms with E-state index in [4.69, 9.17) is 5.73 Å². The van der Waals surface area contributed by atoms with Crippen LogP contribution in [0.4, 0.5) is 0 Å². The minimum Gasteiger partial charge on any atom is -0.322 e. The molecule has 19 heavy (non-hydrogen) atoms. The highest BCUT2D eigenvalue weighted by molar-refractivity contribution is 5.27. The van der Waals surface area contributed by atoms with Gasteiger partial charge in [-0.3, -0.25) is 0 Å². The zero-order chi connectivity index (χ0) is 13.9. The largest absolute Gasteiger partial charge is 0.322 e. The number of aryl methyl sites for hydroxylation is 1. The van der Waals surface area contributed by atoms with Crippen molar-refractivity contribution >= 4 is 0 Å². The van der Waals surface area contributed by atoms with Crippen LogP contribution >= 0.6 is 0 Å². The average Bonchev–Trinajstić information content (AvgIpc) is 2.65. The number of hydrogen-bond acceptors (Lipinski definition) is 2. The molecule has 0 amide bonds. The van der Waals surface area contributed by atoms with Crippen molar-refractivity contribution in [3.8, 4) is 0 Å². The first-order valence-electron chi connectivity index (χ1n) is 7.56. The zero-order valence-electron chi connectivity index (χ0n) is 12.7. The third-order valence-corrected chi connectivity index (χ3v) is 4.88. The van der Waals surface area contributed by atoms with Crippen LogP contribution in [0, 0.1) is 6.92 Å². The van der Waals surface area contributed by atoms with Crippen molar-refractivity contribution < 1.29 is 0 Å². The summed E-state index contributed by atoms with van der Waals surface area (Å²) in [6, 6.07) is 8.87. The molecule has 0 heterocycles. The molecule has 1 aromatic carbocycles. The third kappa shape index (κ3) is 3.01. The predicted octanol–water partition coefficient (Wildman–Crippen LogP) is 3.65. The lowest BCUT2D eigenvalue weighted by Gasteiger charge is -2.44. The Kier molecular flexibility index (Phi) is 4.64. The highest BCUT2D eigenvalue weighted by Gasteiger charge is 2.39. The summed E-state index contributed by atoms with van der Waals surface area (Å²) in [6.45, 7) is 2.13. The molecule has 2 N–H and O–H groups in total. The molecule has 1 saturated carbocycles. The molecule has 0 saturated heterocycles. The maximum absolute atomic E-state index is 6.68. The van der Waals surface area contributed by atoms with Gasteiger partial charge in [-0.1, -0.05) is 55.5 Å². The summed E-state index contributed by atoms with van der Waals surface area (Å²) >= 11 is 0. The van der Waals surface area contributed by atoms with Crippen LogP contribution < -0.4 is 5.73 Å². The van der Waals surface area contributed by atoms with E-state index in [1.54, 1.807) is 0 Å². The van der Waals surface area contributed by atoms with Gasteiger partial charge in [0.1, 0.15) is 0 Å². The van der Waals surface area contributed by atoms with Gasteiger partial charge in [0.15, 0.2) is 0 Å². The van der Waals surface area contributed by atoms with E-state index in [2.05, 4.69) is 50.2 Å². The number of hydrogen-bond donors (Lipinski definition) is 1.